The highest BCUT2D eigenvalue weighted by atomic mass is 16.5. The quantitative estimate of drug-likeness (QED) is 0.595. The van der Waals surface area contributed by atoms with E-state index in [0.717, 1.165) is 19.5 Å². The molecular weight excluding hydrogens is 130 g/mol. The number of aliphatic hydroxyl groups excluding tert-OH is 1. The molecule has 0 bridgehead atoms. The van der Waals surface area contributed by atoms with Crippen LogP contribution in [0.15, 0.2) is 0 Å². The zero-order valence-corrected chi connectivity index (χ0v) is 6.58. The van der Waals surface area contributed by atoms with Gasteiger partial charge in [-0.15, -0.1) is 0 Å². The summed E-state index contributed by atoms with van der Waals surface area (Å²) in [5, 5.41) is 9.14. The Kier molecular flexibility index (Phi) is 2.65. The molecule has 3 heteroatoms. The number of hydrogen-bond donors (Lipinski definition) is 1. The lowest BCUT2D eigenvalue weighted by Gasteiger charge is -2.18. The third kappa shape index (κ3) is 1.68. The molecule has 1 rings (SSSR count). The molecule has 1 aliphatic rings. The molecule has 0 radical (unpaired) electrons. The van der Waals surface area contributed by atoms with Gasteiger partial charge in [0, 0.05) is 20.2 Å². The Morgan fingerprint density at radius 1 is 1.70 bits per heavy atom. The Labute approximate surface area is 61.6 Å². The van der Waals surface area contributed by atoms with Gasteiger partial charge in [-0.1, -0.05) is 0 Å². The minimum atomic E-state index is -0.319. The minimum Gasteiger partial charge on any atom is -0.380 e. The summed E-state index contributed by atoms with van der Waals surface area (Å²) < 4.78 is 5.14. The van der Waals surface area contributed by atoms with Crippen LogP contribution in [-0.4, -0.2) is 42.5 Å². The molecular formula is C7H15NO2. The van der Waals surface area contributed by atoms with Crippen LogP contribution >= 0.6 is 0 Å². The first kappa shape index (κ1) is 7.98. The van der Waals surface area contributed by atoms with Gasteiger partial charge in [0.1, 0.15) is 6.23 Å². The summed E-state index contributed by atoms with van der Waals surface area (Å²) in [6.45, 7) is 3.61. The molecule has 0 spiro atoms. The second-order valence-electron chi connectivity index (χ2n) is 2.77. The van der Waals surface area contributed by atoms with Crippen LogP contribution in [0.3, 0.4) is 0 Å². The predicted octanol–water partition coefficient (Wildman–Crippen LogP) is 0.0454. The van der Waals surface area contributed by atoms with Crippen LogP contribution in [-0.2, 0) is 4.74 Å². The highest BCUT2D eigenvalue weighted by Crippen LogP contribution is 2.12. The van der Waals surface area contributed by atoms with Crippen molar-refractivity contribution in [3.63, 3.8) is 0 Å². The normalized spacial score (nSPS) is 30.9. The van der Waals surface area contributed by atoms with Crippen molar-refractivity contribution in [2.75, 3.05) is 20.2 Å². The van der Waals surface area contributed by atoms with Crippen LogP contribution in [0.4, 0.5) is 0 Å². The van der Waals surface area contributed by atoms with Gasteiger partial charge < -0.3 is 9.84 Å². The van der Waals surface area contributed by atoms with Gasteiger partial charge in [-0.2, -0.15) is 0 Å². The molecule has 10 heavy (non-hydrogen) atoms. The van der Waals surface area contributed by atoms with E-state index < -0.39 is 0 Å². The lowest BCUT2D eigenvalue weighted by Crippen LogP contribution is -2.31. The van der Waals surface area contributed by atoms with Gasteiger partial charge in [0.25, 0.3) is 0 Å². The topological polar surface area (TPSA) is 32.7 Å². The highest BCUT2D eigenvalue weighted by Gasteiger charge is 2.24. The van der Waals surface area contributed by atoms with Crippen LogP contribution in [0.5, 0.6) is 0 Å². The van der Waals surface area contributed by atoms with E-state index in [-0.39, 0.29) is 6.23 Å². The molecule has 1 saturated heterocycles. The van der Waals surface area contributed by atoms with Crippen molar-refractivity contribution < 1.29 is 9.84 Å². The molecule has 0 aromatic rings. The van der Waals surface area contributed by atoms with E-state index >= 15 is 0 Å². The van der Waals surface area contributed by atoms with Gasteiger partial charge in [-0.05, 0) is 13.3 Å². The Bertz CT molecular complexity index is 106. The van der Waals surface area contributed by atoms with Crippen molar-refractivity contribution in [3.05, 3.63) is 0 Å². The largest absolute Gasteiger partial charge is 0.380 e. The van der Waals surface area contributed by atoms with E-state index in [9.17, 15) is 0 Å². The summed E-state index contributed by atoms with van der Waals surface area (Å²) in [5.41, 5.74) is 0. The van der Waals surface area contributed by atoms with Gasteiger partial charge in [-0.25, -0.2) is 0 Å². The average Bonchev–Trinajstić information content (AvgIpc) is 2.34. The molecule has 1 N–H and O–H groups in total. The SMILES string of the molecule is CO[C@@H]1CCN(C(C)O)C1. The summed E-state index contributed by atoms with van der Waals surface area (Å²) >= 11 is 0. The molecule has 0 saturated carbocycles. The number of rotatable bonds is 2. The average molecular weight is 145 g/mol. The van der Waals surface area contributed by atoms with Crippen LogP contribution < -0.4 is 0 Å². The number of nitrogens with zero attached hydrogens (tertiary/aromatic N) is 1. The molecule has 60 valence electrons. The third-order valence-electron chi connectivity index (χ3n) is 2.04. The summed E-state index contributed by atoms with van der Waals surface area (Å²) in [6.07, 6.45) is 1.05. The van der Waals surface area contributed by atoms with E-state index in [1.165, 1.54) is 0 Å². The van der Waals surface area contributed by atoms with Crippen molar-refractivity contribution in [3.8, 4) is 0 Å². The van der Waals surface area contributed by atoms with E-state index in [4.69, 9.17) is 9.84 Å². The highest BCUT2D eigenvalue weighted by molar-refractivity contribution is 4.75. The fraction of sp³-hybridized carbons (Fsp3) is 1.00. The van der Waals surface area contributed by atoms with Gasteiger partial charge in [0.2, 0.25) is 0 Å². The first-order valence-corrected chi connectivity index (χ1v) is 3.69. The van der Waals surface area contributed by atoms with Crippen LogP contribution in [0.1, 0.15) is 13.3 Å². The van der Waals surface area contributed by atoms with Crippen molar-refractivity contribution in [1.82, 2.24) is 4.90 Å². The Morgan fingerprint density at radius 3 is 2.70 bits per heavy atom. The smallest absolute Gasteiger partial charge is 0.104 e. The standard InChI is InChI=1S/C7H15NO2/c1-6(9)8-4-3-7(5-8)10-2/h6-7,9H,3-5H2,1-2H3/t6?,7-/m1/s1. The maximum atomic E-state index is 9.14. The number of methoxy groups -OCH3 is 1. The maximum Gasteiger partial charge on any atom is 0.104 e. The Balaban J connectivity index is 2.28. The Morgan fingerprint density at radius 2 is 2.40 bits per heavy atom. The van der Waals surface area contributed by atoms with Gasteiger partial charge >= 0.3 is 0 Å². The molecule has 0 amide bonds. The number of likely N-dealkylation sites (tertiary alicyclic amines) is 1. The molecule has 1 heterocycles. The monoisotopic (exact) mass is 145 g/mol. The van der Waals surface area contributed by atoms with Gasteiger partial charge in [0.05, 0.1) is 6.10 Å². The van der Waals surface area contributed by atoms with Crippen LogP contribution in [0.25, 0.3) is 0 Å². The molecule has 0 aromatic carbocycles. The second-order valence-corrected chi connectivity index (χ2v) is 2.77. The zero-order chi connectivity index (χ0) is 7.56. The maximum absolute atomic E-state index is 9.14. The first-order valence-electron chi connectivity index (χ1n) is 3.69. The van der Waals surface area contributed by atoms with E-state index in [1.54, 1.807) is 14.0 Å². The molecule has 1 aliphatic heterocycles. The summed E-state index contributed by atoms with van der Waals surface area (Å²) in [6, 6.07) is 0. The molecule has 0 aliphatic carbocycles. The predicted molar refractivity (Wildman–Crippen MR) is 38.7 cm³/mol. The van der Waals surface area contributed by atoms with E-state index in [0.29, 0.717) is 6.10 Å². The zero-order valence-electron chi connectivity index (χ0n) is 6.58. The Hall–Kier alpha value is -0.120. The van der Waals surface area contributed by atoms with Crippen molar-refractivity contribution in [2.45, 2.75) is 25.7 Å². The number of hydrogen-bond acceptors (Lipinski definition) is 3. The number of aliphatic hydroxyl groups is 1. The lowest BCUT2D eigenvalue weighted by molar-refractivity contribution is 0.0209. The molecule has 3 nitrogen and oxygen atoms in total. The van der Waals surface area contributed by atoms with E-state index in [2.05, 4.69) is 0 Å². The van der Waals surface area contributed by atoms with Crippen molar-refractivity contribution in [1.29, 1.82) is 0 Å². The molecule has 1 fully saturated rings. The van der Waals surface area contributed by atoms with Gasteiger partial charge in [0.15, 0.2) is 0 Å². The van der Waals surface area contributed by atoms with Gasteiger partial charge in [-0.3, -0.25) is 4.90 Å². The van der Waals surface area contributed by atoms with Crippen LogP contribution in [0.2, 0.25) is 0 Å². The molecule has 2 atom stereocenters. The lowest BCUT2D eigenvalue weighted by atomic mass is 10.3. The van der Waals surface area contributed by atoms with Crippen LogP contribution in [0, 0.1) is 0 Å². The first-order chi connectivity index (χ1) is 4.74. The molecule has 0 aromatic heterocycles. The van der Waals surface area contributed by atoms with Crippen molar-refractivity contribution >= 4 is 0 Å². The fourth-order valence-electron chi connectivity index (χ4n) is 1.29. The number of ether oxygens (including phenoxy) is 1. The molecule has 1 unspecified atom stereocenters. The third-order valence-corrected chi connectivity index (χ3v) is 2.04. The minimum absolute atomic E-state index is 0.319. The van der Waals surface area contributed by atoms with Crippen molar-refractivity contribution in [2.24, 2.45) is 0 Å². The fourth-order valence-corrected chi connectivity index (χ4v) is 1.29. The second kappa shape index (κ2) is 3.32. The summed E-state index contributed by atoms with van der Waals surface area (Å²) in [5.74, 6) is 0. The van der Waals surface area contributed by atoms with E-state index in [1.807, 2.05) is 4.90 Å². The summed E-state index contributed by atoms with van der Waals surface area (Å²) in [7, 11) is 1.72. The summed E-state index contributed by atoms with van der Waals surface area (Å²) in [4.78, 5) is 2.01.